The maximum Gasteiger partial charge on any atom is 0.335 e. The Morgan fingerprint density at radius 2 is 1.63 bits per heavy atom. The molecule has 3 rings (SSSR count). The second-order valence-corrected chi connectivity index (χ2v) is 6.41. The number of carbonyl (C=O) groups excluding carboxylic acids is 3. The predicted molar refractivity (Wildman–Crippen MR) is 111 cm³/mol. The van der Waals surface area contributed by atoms with Crippen molar-refractivity contribution in [2.75, 3.05) is 25.7 Å². The molecule has 1 fully saturated rings. The molecular weight excluding hydrogens is 388 g/mol. The van der Waals surface area contributed by atoms with Crippen molar-refractivity contribution in [3.05, 3.63) is 53.6 Å². The van der Waals surface area contributed by atoms with Gasteiger partial charge in [-0.2, -0.15) is 0 Å². The number of carbonyl (C=O) groups is 3. The molecule has 0 aromatic heterocycles. The summed E-state index contributed by atoms with van der Waals surface area (Å²) in [5, 5.41) is 2.20. The van der Waals surface area contributed by atoms with Crippen LogP contribution in [0.5, 0.6) is 17.2 Å². The molecule has 4 amide bonds. The van der Waals surface area contributed by atoms with Gasteiger partial charge in [-0.25, -0.2) is 9.69 Å². The van der Waals surface area contributed by atoms with Gasteiger partial charge in [0, 0.05) is 11.6 Å². The summed E-state index contributed by atoms with van der Waals surface area (Å²) in [6.45, 7) is 2.43. The first-order valence-corrected chi connectivity index (χ1v) is 9.34. The Bertz CT molecular complexity index is 997. The lowest BCUT2D eigenvalue weighted by Crippen LogP contribution is -2.54. The molecule has 8 heteroatoms. The number of hydrogen-bond acceptors (Lipinski definition) is 6. The predicted octanol–water partition coefficient (Wildman–Crippen LogP) is 3.16. The highest BCUT2D eigenvalue weighted by atomic mass is 16.5. The van der Waals surface area contributed by atoms with E-state index in [-0.39, 0.29) is 5.57 Å². The first kappa shape index (κ1) is 20.9. The lowest BCUT2D eigenvalue weighted by molar-refractivity contribution is -0.122. The fraction of sp³-hybridized carbons (Fsp3) is 0.227. The van der Waals surface area contributed by atoms with Crippen LogP contribution in [-0.4, -0.2) is 38.7 Å². The fourth-order valence-corrected chi connectivity index (χ4v) is 2.88. The van der Waals surface area contributed by atoms with E-state index in [1.54, 1.807) is 42.5 Å². The van der Waals surface area contributed by atoms with Gasteiger partial charge >= 0.3 is 6.03 Å². The van der Waals surface area contributed by atoms with E-state index in [9.17, 15) is 14.4 Å². The smallest absolute Gasteiger partial charge is 0.335 e. The lowest BCUT2D eigenvalue weighted by Gasteiger charge is -2.26. The van der Waals surface area contributed by atoms with E-state index in [2.05, 4.69) is 5.32 Å². The summed E-state index contributed by atoms with van der Waals surface area (Å²) in [7, 11) is 3.05. The Hall–Kier alpha value is -3.81. The van der Waals surface area contributed by atoms with Gasteiger partial charge in [0.15, 0.2) is 0 Å². The third-order valence-corrected chi connectivity index (χ3v) is 4.41. The Kier molecular flexibility index (Phi) is 6.36. The van der Waals surface area contributed by atoms with Crippen LogP contribution in [0.1, 0.15) is 18.9 Å². The van der Waals surface area contributed by atoms with Crippen molar-refractivity contribution in [3.8, 4) is 17.2 Å². The molecule has 0 bridgehead atoms. The minimum absolute atomic E-state index is 0.183. The number of urea groups is 1. The summed E-state index contributed by atoms with van der Waals surface area (Å²) in [4.78, 5) is 38.7. The van der Waals surface area contributed by atoms with Crippen molar-refractivity contribution < 1.29 is 28.6 Å². The van der Waals surface area contributed by atoms with Gasteiger partial charge in [0.2, 0.25) is 0 Å². The van der Waals surface area contributed by atoms with E-state index in [0.717, 1.165) is 11.3 Å². The van der Waals surface area contributed by atoms with E-state index < -0.39 is 17.8 Å². The van der Waals surface area contributed by atoms with E-state index in [4.69, 9.17) is 14.2 Å². The molecule has 0 unspecified atom stereocenters. The number of imide groups is 2. The third kappa shape index (κ3) is 4.27. The largest absolute Gasteiger partial charge is 0.497 e. The molecule has 1 saturated heterocycles. The van der Waals surface area contributed by atoms with Crippen molar-refractivity contribution in [2.24, 2.45) is 0 Å². The van der Waals surface area contributed by atoms with Crippen LogP contribution in [0.4, 0.5) is 10.5 Å². The number of rotatable bonds is 7. The van der Waals surface area contributed by atoms with Gasteiger partial charge in [0.1, 0.15) is 22.8 Å². The van der Waals surface area contributed by atoms with Crippen LogP contribution >= 0.6 is 0 Å². The molecule has 1 aliphatic heterocycles. The van der Waals surface area contributed by atoms with Crippen molar-refractivity contribution in [3.63, 3.8) is 0 Å². The number of nitrogens with one attached hydrogen (secondary N) is 1. The molecular formula is C22H22N2O6. The molecule has 0 aliphatic carbocycles. The summed E-state index contributed by atoms with van der Waals surface area (Å²) >= 11 is 0. The number of hydrogen-bond donors (Lipinski definition) is 1. The van der Waals surface area contributed by atoms with E-state index in [0.29, 0.717) is 35.1 Å². The van der Waals surface area contributed by atoms with Gasteiger partial charge in [-0.3, -0.25) is 14.9 Å². The molecule has 1 N–H and O–H groups in total. The Labute approximate surface area is 174 Å². The van der Waals surface area contributed by atoms with Crippen molar-refractivity contribution in [1.29, 1.82) is 0 Å². The van der Waals surface area contributed by atoms with E-state index in [1.807, 2.05) is 6.92 Å². The standard InChI is InChI=1S/C22H22N2O6/c1-4-11-30-19-13-17(29-3)8-5-14(19)12-18-20(25)23-22(27)24(21(18)26)15-6-9-16(28-2)10-7-15/h5-10,12-13H,4,11H2,1-3H3,(H,23,25,27)/b18-12+. The third-order valence-electron chi connectivity index (χ3n) is 4.41. The first-order chi connectivity index (χ1) is 14.5. The molecule has 2 aromatic rings. The zero-order valence-electron chi connectivity index (χ0n) is 16.9. The minimum atomic E-state index is -0.815. The van der Waals surface area contributed by atoms with Gasteiger partial charge in [0.25, 0.3) is 11.8 Å². The number of methoxy groups -OCH3 is 2. The topological polar surface area (TPSA) is 94.2 Å². The molecule has 0 atom stereocenters. The van der Waals surface area contributed by atoms with E-state index in [1.165, 1.54) is 20.3 Å². The molecule has 30 heavy (non-hydrogen) atoms. The summed E-state index contributed by atoms with van der Waals surface area (Å²) in [5.74, 6) is 0.125. The van der Waals surface area contributed by atoms with Gasteiger partial charge in [-0.15, -0.1) is 0 Å². The Morgan fingerprint density at radius 1 is 0.967 bits per heavy atom. The number of amides is 4. The quantitative estimate of drug-likeness (QED) is 0.557. The number of benzene rings is 2. The highest BCUT2D eigenvalue weighted by Crippen LogP contribution is 2.29. The van der Waals surface area contributed by atoms with Crippen LogP contribution in [0.15, 0.2) is 48.0 Å². The van der Waals surface area contributed by atoms with Gasteiger partial charge < -0.3 is 14.2 Å². The first-order valence-electron chi connectivity index (χ1n) is 9.34. The van der Waals surface area contributed by atoms with Crippen LogP contribution in [0, 0.1) is 0 Å². The summed E-state index contributed by atoms with van der Waals surface area (Å²) in [5.41, 5.74) is 0.651. The normalized spacial score (nSPS) is 15.2. The van der Waals surface area contributed by atoms with Crippen molar-refractivity contribution in [2.45, 2.75) is 13.3 Å². The number of nitrogens with zero attached hydrogens (tertiary/aromatic N) is 1. The van der Waals surface area contributed by atoms with Gasteiger partial charge in [-0.1, -0.05) is 6.92 Å². The molecule has 8 nitrogen and oxygen atoms in total. The molecule has 0 radical (unpaired) electrons. The van der Waals surface area contributed by atoms with Gasteiger partial charge in [-0.05, 0) is 48.9 Å². The molecule has 0 saturated carbocycles. The highest BCUT2D eigenvalue weighted by molar-refractivity contribution is 6.39. The van der Waals surface area contributed by atoms with Crippen LogP contribution in [0.2, 0.25) is 0 Å². The van der Waals surface area contributed by atoms with Crippen LogP contribution in [0.25, 0.3) is 6.08 Å². The summed E-state index contributed by atoms with van der Waals surface area (Å²) in [6, 6.07) is 10.6. The van der Waals surface area contributed by atoms with Crippen LogP contribution in [0.3, 0.4) is 0 Å². The second-order valence-electron chi connectivity index (χ2n) is 6.41. The number of barbiturate groups is 1. The zero-order valence-corrected chi connectivity index (χ0v) is 16.9. The number of ether oxygens (including phenoxy) is 3. The maximum absolute atomic E-state index is 13.0. The molecule has 0 spiro atoms. The van der Waals surface area contributed by atoms with Gasteiger partial charge in [0.05, 0.1) is 26.5 Å². The molecule has 2 aromatic carbocycles. The van der Waals surface area contributed by atoms with E-state index >= 15 is 0 Å². The van der Waals surface area contributed by atoms with Crippen LogP contribution in [-0.2, 0) is 9.59 Å². The maximum atomic E-state index is 13.0. The number of anilines is 1. The fourth-order valence-electron chi connectivity index (χ4n) is 2.88. The summed E-state index contributed by atoms with van der Waals surface area (Å²) < 4.78 is 16.1. The Morgan fingerprint density at radius 3 is 2.27 bits per heavy atom. The highest BCUT2D eigenvalue weighted by Gasteiger charge is 2.37. The average Bonchev–Trinajstić information content (AvgIpc) is 2.75. The van der Waals surface area contributed by atoms with Crippen molar-refractivity contribution >= 4 is 29.6 Å². The SMILES string of the molecule is CCCOc1cc(OC)ccc1/C=C1\C(=O)NC(=O)N(c2ccc(OC)cc2)C1=O. The minimum Gasteiger partial charge on any atom is -0.497 e. The molecule has 156 valence electrons. The molecule has 1 heterocycles. The monoisotopic (exact) mass is 410 g/mol. The summed E-state index contributed by atoms with van der Waals surface area (Å²) in [6.07, 6.45) is 2.19. The lowest BCUT2D eigenvalue weighted by atomic mass is 10.1. The average molecular weight is 410 g/mol. The second kappa shape index (κ2) is 9.13. The Balaban J connectivity index is 1.99. The van der Waals surface area contributed by atoms with Crippen molar-refractivity contribution in [1.82, 2.24) is 5.32 Å². The zero-order chi connectivity index (χ0) is 21.7. The van der Waals surface area contributed by atoms with Crippen LogP contribution < -0.4 is 24.4 Å². The molecule has 1 aliphatic rings.